The minimum absolute atomic E-state index is 0.0974. The molecule has 23 heavy (non-hydrogen) atoms. The maximum absolute atomic E-state index is 12.4. The second-order valence-electron chi connectivity index (χ2n) is 5.69. The van der Waals surface area contributed by atoms with Crippen LogP contribution in [-0.2, 0) is 4.79 Å². The van der Waals surface area contributed by atoms with Gasteiger partial charge in [0.05, 0.1) is 5.56 Å². The van der Waals surface area contributed by atoms with Gasteiger partial charge in [-0.1, -0.05) is 30.3 Å². The van der Waals surface area contributed by atoms with E-state index in [-0.39, 0.29) is 22.9 Å². The third-order valence-electron chi connectivity index (χ3n) is 4.03. The molecule has 0 heterocycles. The summed E-state index contributed by atoms with van der Waals surface area (Å²) in [5, 5.41) is 10.1. The summed E-state index contributed by atoms with van der Waals surface area (Å²) in [5.41, 5.74) is 0.734. The molecule has 0 spiro atoms. The number of phenols is 1. The average molecular weight is 310 g/mol. The first-order chi connectivity index (χ1) is 11.1. The van der Waals surface area contributed by atoms with Crippen LogP contribution in [0.1, 0.15) is 41.6 Å². The number of carbonyl (C=O) groups is 2. The summed E-state index contributed by atoms with van der Waals surface area (Å²) in [4.78, 5) is 24.2. The number of aromatic hydroxyl groups is 1. The van der Waals surface area contributed by atoms with Crippen molar-refractivity contribution in [2.24, 2.45) is 0 Å². The van der Waals surface area contributed by atoms with Crippen LogP contribution in [0.4, 0.5) is 0 Å². The summed E-state index contributed by atoms with van der Waals surface area (Å²) >= 11 is 0. The van der Waals surface area contributed by atoms with Gasteiger partial charge in [-0.05, 0) is 31.4 Å². The van der Waals surface area contributed by atoms with Gasteiger partial charge >= 0.3 is 0 Å². The average Bonchev–Trinajstić information content (AvgIpc) is 2.57. The van der Waals surface area contributed by atoms with E-state index in [9.17, 15) is 14.7 Å². The molecule has 0 bridgehead atoms. The van der Waals surface area contributed by atoms with E-state index in [2.05, 4.69) is 0 Å². The molecule has 2 aromatic rings. The molecule has 3 rings (SSSR count). The fourth-order valence-corrected chi connectivity index (χ4v) is 2.76. The minimum Gasteiger partial charge on any atom is -0.507 e. The van der Waals surface area contributed by atoms with E-state index in [0.717, 1.165) is 12.8 Å². The number of phenolic OH excluding ortho intramolecular Hbond substituents is 1. The van der Waals surface area contributed by atoms with Gasteiger partial charge in [-0.2, -0.15) is 0 Å². The summed E-state index contributed by atoms with van der Waals surface area (Å²) in [5.74, 6) is 0.121. The van der Waals surface area contributed by atoms with E-state index in [4.69, 9.17) is 4.74 Å². The smallest absolute Gasteiger partial charge is 0.196 e. The van der Waals surface area contributed by atoms with Gasteiger partial charge < -0.3 is 9.84 Å². The van der Waals surface area contributed by atoms with Crippen LogP contribution >= 0.6 is 0 Å². The third kappa shape index (κ3) is 3.42. The number of Topliss-reactive ketones (excluding diaryl/α,β-unsaturated/α-hetero) is 1. The quantitative estimate of drug-likeness (QED) is 0.878. The van der Waals surface area contributed by atoms with Crippen LogP contribution in [0, 0.1) is 0 Å². The van der Waals surface area contributed by atoms with E-state index in [1.54, 1.807) is 30.3 Å². The first kappa shape index (κ1) is 15.3. The summed E-state index contributed by atoms with van der Waals surface area (Å²) < 4.78 is 5.67. The van der Waals surface area contributed by atoms with Crippen molar-refractivity contribution >= 4 is 11.6 Å². The molecule has 0 aliphatic heterocycles. The number of ketones is 2. The first-order valence-electron chi connectivity index (χ1n) is 7.77. The van der Waals surface area contributed by atoms with Crippen molar-refractivity contribution in [3.8, 4) is 11.5 Å². The number of hydrogen-bond acceptors (Lipinski definition) is 4. The third-order valence-corrected chi connectivity index (χ3v) is 4.03. The van der Waals surface area contributed by atoms with E-state index in [0.29, 0.717) is 24.2 Å². The van der Waals surface area contributed by atoms with Gasteiger partial charge in [-0.3, -0.25) is 9.59 Å². The molecule has 1 N–H and O–H groups in total. The highest BCUT2D eigenvalue weighted by molar-refractivity contribution is 6.10. The van der Waals surface area contributed by atoms with Gasteiger partial charge in [0, 0.05) is 18.1 Å². The molecule has 4 heteroatoms. The van der Waals surface area contributed by atoms with Gasteiger partial charge in [-0.25, -0.2) is 0 Å². The zero-order valence-corrected chi connectivity index (χ0v) is 12.7. The van der Waals surface area contributed by atoms with Gasteiger partial charge in [0.1, 0.15) is 11.5 Å². The maximum atomic E-state index is 12.4. The molecule has 1 aliphatic carbocycles. The molecule has 1 atom stereocenters. The fraction of sp³-hybridized carbons (Fsp3) is 0.263. The molecule has 2 aromatic carbocycles. The summed E-state index contributed by atoms with van der Waals surface area (Å²) in [6, 6.07) is 13.3. The lowest BCUT2D eigenvalue weighted by molar-refractivity contribution is -0.127. The number of ether oxygens (including phenoxy) is 1. The summed E-state index contributed by atoms with van der Waals surface area (Å²) in [7, 11) is 0. The van der Waals surface area contributed by atoms with Gasteiger partial charge in [0.2, 0.25) is 0 Å². The van der Waals surface area contributed by atoms with Gasteiger partial charge in [0.15, 0.2) is 17.7 Å². The highest BCUT2D eigenvalue weighted by Gasteiger charge is 2.24. The van der Waals surface area contributed by atoms with Crippen molar-refractivity contribution < 1.29 is 19.4 Å². The molecule has 0 amide bonds. The van der Waals surface area contributed by atoms with Crippen LogP contribution < -0.4 is 4.74 Å². The lowest BCUT2D eigenvalue weighted by Crippen LogP contribution is -2.30. The number of hydrogen-bond donors (Lipinski definition) is 1. The predicted octanol–water partition coefficient (Wildman–Crippen LogP) is 3.51. The summed E-state index contributed by atoms with van der Waals surface area (Å²) in [6.07, 6.45) is 2.67. The largest absolute Gasteiger partial charge is 0.507 e. The molecule has 0 aromatic heterocycles. The van der Waals surface area contributed by atoms with E-state index >= 15 is 0 Å². The van der Waals surface area contributed by atoms with E-state index < -0.39 is 6.10 Å². The Kier molecular flexibility index (Phi) is 4.42. The Bertz CT molecular complexity index is 721. The molecule has 4 nitrogen and oxygen atoms in total. The zero-order valence-electron chi connectivity index (χ0n) is 12.7. The number of rotatable bonds is 4. The minimum atomic E-state index is -0.446. The highest BCUT2D eigenvalue weighted by Crippen LogP contribution is 2.28. The van der Waals surface area contributed by atoms with Crippen molar-refractivity contribution in [2.45, 2.75) is 31.8 Å². The predicted molar refractivity (Wildman–Crippen MR) is 85.9 cm³/mol. The van der Waals surface area contributed by atoms with E-state index in [1.807, 2.05) is 6.07 Å². The normalized spacial score (nSPS) is 17.7. The monoisotopic (exact) mass is 310 g/mol. The molecule has 1 aliphatic rings. The molecular formula is C19H18O4. The van der Waals surface area contributed by atoms with E-state index in [1.165, 1.54) is 12.1 Å². The Hall–Kier alpha value is -2.62. The fourth-order valence-electron chi connectivity index (χ4n) is 2.76. The van der Waals surface area contributed by atoms with Crippen molar-refractivity contribution in [1.29, 1.82) is 0 Å². The molecule has 1 fully saturated rings. The molecule has 1 saturated carbocycles. The van der Waals surface area contributed by atoms with Crippen LogP contribution in [0.15, 0.2) is 48.5 Å². The lowest BCUT2D eigenvalue weighted by atomic mass is 9.96. The second kappa shape index (κ2) is 6.65. The lowest BCUT2D eigenvalue weighted by Gasteiger charge is -2.22. The van der Waals surface area contributed by atoms with Crippen molar-refractivity contribution in [3.63, 3.8) is 0 Å². The highest BCUT2D eigenvalue weighted by atomic mass is 16.5. The van der Waals surface area contributed by atoms with Crippen molar-refractivity contribution in [2.75, 3.05) is 0 Å². The van der Waals surface area contributed by atoms with Crippen LogP contribution in [0.3, 0.4) is 0 Å². The molecule has 118 valence electrons. The van der Waals surface area contributed by atoms with Gasteiger partial charge in [-0.15, -0.1) is 0 Å². The Balaban J connectivity index is 1.78. The second-order valence-corrected chi connectivity index (χ2v) is 5.69. The van der Waals surface area contributed by atoms with Crippen LogP contribution in [-0.4, -0.2) is 22.8 Å². The molecule has 0 saturated heterocycles. The molecular weight excluding hydrogens is 292 g/mol. The Morgan fingerprint density at radius 2 is 1.87 bits per heavy atom. The van der Waals surface area contributed by atoms with Crippen LogP contribution in [0.5, 0.6) is 11.5 Å². The Morgan fingerprint density at radius 1 is 1.09 bits per heavy atom. The summed E-state index contributed by atoms with van der Waals surface area (Å²) in [6.45, 7) is 0. The van der Waals surface area contributed by atoms with Crippen molar-refractivity contribution in [1.82, 2.24) is 0 Å². The molecule has 0 unspecified atom stereocenters. The number of benzene rings is 2. The Morgan fingerprint density at radius 3 is 2.57 bits per heavy atom. The van der Waals surface area contributed by atoms with Crippen molar-refractivity contribution in [3.05, 3.63) is 59.7 Å². The van der Waals surface area contributed by atoms with Crippen LogP contribution in [0.25, 0.3) is 0 Å². The molecule has 0 radical (unpaired) electrons. The standard InChI is InChI=1S/C19H18O4/c20-16-8-4-5-9-18(16)23-14-10-11-15(17(21)12-14)19(22)13-6-2-1-3-7-13/h1-3,6-7,10-12,18,21H,4-5,8-9H2/t18-/m0/s1. The number of carbonyl (C=O) groups excluding carboxylic acids is 2. The van der Waals surface area contributed by atoms with Gasteiger partial charge in [0.25, 0.3) is 0 Å². The Labute approximate surface area is 134 Å². The SMILES string of the molecule is O=C(c1ccccc1)c1ccc(O[C@H]2CCCCC2=O)cc1O. The zero-order chi connectivity index (χ0) is 16.2. The maximum Gasteiger partial charge on any atom is 0.196 e. The van der Waals surface area contributed by atoms with Crippen LogP contribution in [0.2, 0.25) is 0 Å². The first-order valence-corrected chi connectivity index (χ1v) is 7.77. The topological polar surface area (TPSA) is 63.6 Å².